The van der Waals surface area contributed by atoms with E-state index in [1.54, 1.807) is 19.1 Å². The SMILES string of the molecule is COC(=O)c1ccc(C)c(NC(=O)COc2ccc(F)cc2)c1. The first-order valence-electron chi connectivity index (χ1n) is 6.87. The van der Waals surface area contributed by atoms with Gasteiger partial charge >= 0.3 is 5.97 Å². The van der Waals surface area contributed by atoms with Crippen LogP contribution in [-0.4, -0.2) is 25.6 Å². The van der Waals surface area contributed by atoms with Crippen molar-refractivity contribution in [3.63, 3.8) is 0 Å². The Labute approximate surface area is 133 Å². The van der Waals surface area contributed by atoms with Gasteiger partial charge in [0.2, 0.25) is 0 Å². The fourth-order valence-corrected chi connectivity index (χ4v) is 1.87. The van der Waals surface area contributed by atoms with E-state index in [2.05, 4.69) is 10.1 Å². The number of anilines is 1. The first-order chi connectivity index (χ1) is 11.0. The zero-order chi connectivity index (χ0) is 16.8. The summed E-state index contributed by atoms with van der Waals surface area (Å²) in [5.41, 5.74) is 1.64. The Balaban J connectivity index is 1.99. The maximum atomic E-state index is 12.8. The Hall–Kier alpha value is -2.89. The van der Waals surface area contributed by atoms with Gasteiger partial charge in [-0.15, -0.1) is 0 Å². The molecule has 0 spiro atoms. The van der Waals surface area contributed by atoms with Gasteiger partial charge < -0.3 is 14.8 Å². The summed E-state index contributed by atoms with van der Waals surface area (Å²) in [6.07, 6.45) is 0. The number of benzene rings is 2. The number of carbonyl (C=O) groups excluding carboxylic acids is 2. The molecule has 1 amide bonds. The van der Waals surface area contributed by atoms with Gasteiger partial charge in [-0.05, 0) is 48.9 Å². The van der Waals surface area contributed by atoms with Crippen LogP contribution in [-0.2, 0) is 9.53 Å². The van der Waals surface area contributed by atoms with E-state index in [0.717, 1.165) is 5.56 Å². The number of hydrogen-bond donors (Lipinski definition) is 1. The number of aryl methyl sites for hydroxylation is 1. The van der Waals surface area contributed by atoms with Crippen LogP contribution in [0.1, 0.15) is 15.9 Å². The molecule has 0 radical (unpaired) electrons. The maximum absolute atomic E-state index is 12.8. The Morgan fingerprint density at radius 2 is 1.83 bits per heavy atom. The lowest BCUT2D eigenvalue weighted by atomic mass is 10.1. The van der Waals surface area contributed by atoms with Gasteiger partial charge in [0.1, 0.15) is 11.6 Å². The molecule has 0 aliphatic heterocycles. The molecule has 2 rings (SSSR count). The lowest BCUT2D eigenvalue weighted by molar-refractivity contribution is -0.118. The monoisotopic (exact) mass is 317 g/mol. The minimum Gasteiger partial charge on any atom is -0.484 e. The van der Waals surface area contributed by atoms with Gasteiger partial charge in [-0.1, -0.05) is 6.07 Å². The maximum Gasteiger partial charge on any atom is 0.337 e. The summed E-state index contributed by atoms with van der Waals surface area (Å²) in [5.74, 6) is -0.860. The van der Waals surface area contributed by atoms with E-state index in [4.69, 9.17) is 4.74 Å². The summed E-state index contributed by atoms with van der Waals surface area (Å²) >= 11 is 0. The van der Waals surface area contributed by atoms with Crippen molar-refractivity contribution in [1.82, 2.24) is 0 Å². The van der Waals surface area contributed by atoms with Crippen molar-refractivity contribution in [2.45, 2.75) is 6.92 Å². The van der Waals surface area contributed by atoms with E-state index >= 15 is 0 Å². The van der Waals surface area contributed by atoms with Crippen molar-refractivity contribution in [3.05, 3.63) is 59.4 Å². The highest BCUT2D eigenvalue weighted by Crippen LogP contribution is 2.18. The zero-order valence-corrected chi connectivity index (χ0v) is 12.8. The molecule has 0 saturated heterocycles. The van der Waals surface area contributed by atoms with E-state index in [0.29, 0.717) is 17.0 Å². The van der Waals surface area contributed by atoms with E-state index in [-0.39, 0.29) is 18.3 Å². The molecule has 6 heteroatoms. The molecule has 0 aliphatic rings. The summed E-state index contributed by atoms with van der Waals surface area (Å²) in [7, 11) is 1.29. The van der Waals surface area contributed by atoms with Gasteiger partial charge in [0.25, 0.3) is 5.91 Å². The molecule has 0 saturated carbocycles. The Morgan fingerprint density at radius 3 is 2.48 bits per heavy atom. The molecule has 2 aromatic rings. The Morgan fingerprint density at radius 1 is 1.13 bits per heavy atom. The fraction of sp³-hybridized carbons (Fsp3) is 0.176. The minimum atomic E-state index is -0.483. The van der Waals surface area contributed by atoms with Gasteiger partial charge in [0.15, 0.2) is 6.61 Å². The minimum absolute atomic E-state index is 0.229. The van der Waals surface area contributed by atoms with Gasteiger partial charge in [-0.25, -0.2) is 9.18 Å². The number of esters is 1. The van der Waals surface area contributed by atoms with Crippen LogP contribution in [0.3, 0.4) is 0 Å². The second-order valence-corrected chi connectivity index (χ2v) is 4.81. The Bertz CT molecular complexity index is 713. The molecule has 0 aromatic heterocycles. The second-order valence-electron chi connectivity index (χ2n) is 4.81. The van der Waals surface area contributed by atoms with Crippen LogP contribution < -0.4 is 10.1 Å². The first-order valence-corrected chi connectivity index (χ1v) is 6.87. The van der Waals surface area contributed by atoms with Crippen LogP contribution in [0.4, 0.5) is 10.1 Å². The molecule has 1 N–H and O–H groups in total. The molecule has 120 valence electrons. The molecule has 0 unspecified atom stereocenters. The topological polar surface area (TPSA) is 64.6 Å². The summed E-state index contributed by atoms with van der Waals surface area (Å²) in [5, 5.41) is 2.67. The van der Waals surface area contributed by atoms with Crippen molar-refractivity contribution < 1.29 is 23.5 Å². The number of carbonyl (C=O) groups is 2. The molecule has 0 heterocycles. The smallest absolute Gasteiger partial charge is 0.337 e. The van der Waals surface area contributed by atoms with E-state index in [1.807, 2.05) is 0 Å². The van der Waals surface area contributed by atoms with E-state index in [1.165, 1.54) is 37.4 Å². The standard InChI is InChI=1S/C17H16FNO4/c1-11-3-4-12(17(21)22-2)9-15(11)19-16(20)10-23-14-7-5-13(18)6-8-14/h3-9H,10H2,1-2H3,(H,19,20). The summed E-state index contributed by atoms with van der Waals surface area (Å²) < 4.78 is 22.7. The number of methoxy groups -OCH3 is 1. The first kappa shape index (κ1) is 16.5. The van der Waals surface area contributed by atoms with E-state index < -0.39 is 5.97 Å². The third-order valence-electron chi connectivity index (χ3n) is 3.12. The average molecular weight is 317 g/mol. The molecule has 0 bridgehead atoms. The number of hydrogen-bond acceptors (Lipinski definition) is 4. The fourth-order valence-electron chi connectivity index (χ4n) is 1.87. The molecule has 0 aliphatic carbocycles. The zero-order valence-electron chi connectivity index (χ0n) is 12.8. The van der Waals surface area contributed by atoms with Gasteiger partial charge in [-0.3, -0.25) is 4.79 Å². The van der Waals surface area contributed by atoms with E-state index in [9.17, 15) is 14.0 Å². The highest BCUT2D eigenvalue weighted by atomic mass is 19.1. The largest absolute Gasteiger partial charge is 0.484 e. The van der Waals surface area contributed by atoms with Crippen molar-refractivity contribution >= 4 is 17.6 Å². The molecule has 0 fully saturated rings. The van der Waals surface area contributed by atoms with Crippen molar-refractivity contribution in [2.75, 3.05) is 19.0 Å². The highest BCUT2D eigenvalue weighted by Gasteiger charge is 2.10. The summed E-state index contributed by atoms with van der Waals surface area (Å²) in [4.78, 5) is 23.4. The lowest BCUT2D eigenvalue weighted by Crippen LogP contribution is -2.21. The van der Waals surface area contributed by atoms with Gasteiger partial charge in [0.05, 0.1) is 12.7 Å². The number of ether oxygens (including phenoxy) is 2. The van der Waals surface area contributed by atoms with Crippen molar-refractivity contribution in [1.29, 1.82) is 0 Å². The summed E-state index contributed by atoms with van der Waals surface area (Å²) in [6.45, 7) is 1.57. The van der Waals surface area contributed by atoms with Crippen LogP contribution in [0.2, 0.25) is 0 Å². The molecule has 0 atom stereocenters. The molecule has 2 aromatic carbocycles. The van der Waals surface area contributed by atoms with Crippen LogP contribution in [0, 0.1) is 12.7 Å². The number of amides is 1. The molecule has 5 nitrogen and oxygen atoms in total. The number of halogens is 1. The Kier molecular flexibility index (Phi) is 5.30. The normalized spacial score (nSPS) is 10.0. The average Bonchev–Trinajstić information content (AvgIpc) is 2.55. The van der Waals surface area contributed by atoms with Crippen molar-refractivity contribution in [2.24, 2.45) is 0 Å². The highest BCUT2D eigenvalue weighted by molar-refractivity contribution is 5.95. The molecular weight excluding hydrogens is 301 g/mol. The second kappa shape index (κ2) is 7.40. The predicted molar refractivity (Wildman–Crippen MR) is 83.0 cm³/mol. The van der Waals surface area contributed by atoms with Crippen LogP contribution in [0.25, 0.3) is 0 Å². The number of nitrogens with one attached hydrogen (secondary N) is 1. The third-order valence-corrected chi connectivity index (χ3v) is 3.12. The third kappa shape index (κ3) is 4.54. The molecule has 23 heavy (non-hydrogen) atoms. The summed E-state index contributed by atoms with van der Waals surface area (Å²) in [6, 6.07) is 10.2. The predicted octanol–water partition coefficient (Wildman–Crippen LogP) is 2.94. The lowest BCUT2D eigenvalue weighted by Gasteiger charge is -2.11. The quantitative estimate of drug-likeness (QED) is 0.861. The molecular formula is C17H16FNO4. The van der Waals surface area contributed by atoms with Crippen molar-refractivity contribution in [3.8, 4) is 5.75 Å². The van der Waals surface area contributed by atoms with Gasteiger partial charge in [0, 0.05) is 5.69 Å². The van der Waals surface area contributed by atoms with Crippen LogP contribution in [0.5, 0.6) is 5.75 Å². The van der Waals surface area contributed by atoms with Crippen LogP contribution >= 0.6 is 0 Å². The number of rotatable bonds is 5. The van der Waals surface area contributed by atoms with Crippen LogP contribution in [0.15, 0.2) is 42.5 Å². The van der Waals surface area contributed by atoms with Gasteiger partial charge in [-0.2, -0.15) is 0 Å².